The molecule has 1 saturated heterocycles. The molecular formula is C20H21NO4S. The highest BCUT2D eigenvalue weighted by Crippen LogP contribution is 2.43. The standard InChI is InChI=1S/C20H21NO4S/c1-13(23)17-6-7-18(26-17)19(24)21-9-15-10-25-16-5-3-2-4-14(16)8-20(15,11-21)12-22/h2-7,15,22H,8-12H2,1H3/t15-,20-/m1/s1. The van der Waals surface area contributed by atoms with Crippen LogP contribution in [0.1, 0.15) is 31.8 Å². The second-order valence-corrected chi connectivity index (χ2v) is 8.30. The Kier molecular flexibility index (Phi) is 4.32. The molecule has 3 heterocycles. The zero-order valence-electron chi connectivity index (χ0n) is 14.6. The molecule has 0 unspecified atom stereocenters. The lowest BCUT2D eigenvalue weighted by Gasteiger charge is -2.30. The number of likely N-dealkylation sites (tertiary alicyclic amines) is 1. The number of carbonyl (C=O) groups excluding carboxylic acids is 2. The van der Waals surface area contributed by atoms with Crippen molar-refractivity contribution in [2.75, 3.05) is 26.3 Å². The molecule has 2 aliphatic heterocycles. The predicted molar refractivity (Wildman–Crippen MR) is 98.9 cm³/mol. The first-order valence-electron chi connectivity index (χ1n) is 8.74. The van der Waals surface area contributed by atoms with E-state index in [4.69, 9.17) is 4.74 Å². The summed E-state index contributed by atoms with van der Waals surface area (Å²) in [6, 6.07) is 11.3. The lowest BCUT2D eigenvalue weighted by molar-refractivity contribution is 0.0697. The first-order valence-corrected chi connectivity index (χ1v) is 9.56. The number of ketones is 1. The molecule has 2 aromatic rings. The molecule has 5 nitrogen and oxygen atoms in total. The van der Waals surface area contributed by atoms with E-state index in [2.05, 4.69) is 0 Å². The van der Waals surface area contributed by atoms with Crippen molar-refractivity contribution < 1.29 is 19.4 Å². The van der Waals surface area contributed by atoms with E-state index in [-0.39, 0.29) is 29.6 Å². The summed E-state index contributed by atoms with van der Waals surface area (Å²) < 4.78 is 5.97. The van der Waals surface area contributed by atoms with E-state index in [9.17, 15) is 14.7 Å². The average Bonchev–Trinajstić information content (AvgIpc) is 3.23. The van der Waals surface area contributed by atoms with E-state index < -0.39 is 0 Å². The van der Waals surface area contributed by atoms with Crippen LogP contribution in [0.2, 0.25) is 0 Å². The van der Waals surface area contributed by atoms with Crippen molar-refractivity contribution in [3.05, 3.63) is 51.7 Å². The van der Waals surface area contributed by atoms with Crippen molar-refractivity contribution in [2.24, 2.45) is 11.3 Å². The number of Topliss-reactive ketones (excluding diaryl/α,β-unsaturated/α-hetero) is 1. The molecule has 2 atom stereocenters. The zero-order valence-corrected chi connectivity index (χ0v) is 15.4. The van der Waals surface area contributed by atoms with Crippen molar-refractivity contribution in [1.29, 1.82) is 0 Å². The maximum Gasteiger partial charge on any atom is 0.263 e. The van der Waals surface area contributed by atoms with Gasteiger partial charge in [-0.1, -0.05) is 18.2 Å². The Morgan fingerprint density at radius 3 is 2.77 bits per heavy atom. The van der Waals surface area contributed by atoms with Crippen molar-refractivity contribution in [3.8, 4) is 5.75 Å². The van der Waals surface area contributed by atoms with Crippen molar-refractivity contribution in [1.82, 2.24) is 4.90 Å². The van der Waals surface area contributed by atoms with E-state index in [1.807, 2.05) is 24.3 Å². The van der Waals surface area contributed by atoms with Gasteiger partial charge in [0.15, 0.2) is 5.78 Å². The second-order valence-electron chi connectivity index (χ2n) is 7.22. The molecule has 4 rings (SSSR count). The Morgan fingerprint density at radius 1 is 1.27 bits per heavy atom. The van der Waals surface area contributed by atoms with Crippen molar-refractivity contribution in [3.63, 3.8) is 0 Å². The van der Waals surface area contributed by atoms with Gasteiger partial charge in [0.1, 0.15) is 5.75 Å². The first kappa shape index (κ1) is 17.2. The Morgan fingerprint density at radius 2 is 2.04 bits per heavy atom. The van der Waals surface area contributed by atoms with Crippen molar-refractivity contribution >= 4 is 23.0 Å². The van der Waals surface area contributed by atoms with Crippen LogP contribution in [-0.4, -0.2) is 48.0 Å². The molecule has 2 aliphatic rings. The SMILES string of the molecule is CC(=O)c1ccc(C(=O)N2C[C@@H]3COc4ccccc4C[C@]3(CO)C2)s1. The highest BCUT2D eigenvalue weighted by Gasteiger charge is 2.49. The summed E-state index contributed by atoms with van der Waals surface area (Å²) in [7, 11) is 0. The van der Waals surface area contributed by atoms with Crippen LogP contribution in [0.4, 0.5) is 0 Å². The maximum atomic E-state index is 12.9. The van der Waals surface area contributed by atoms with Gasteiger partial charge in [-0.25, -0.2) is 0 Å². The average molecular weight is 371 g/mol. The van der Waals surface area contributed by atoms with Crippen molar-refractivity contribution in [2.45, 2.75) is 13.3 Å². The summed E-state index contributed by atoms with van der Waals surface area (Å²) in [5, 5.41) is 10.2. The molecule has 1 N–H and O–H groups in total. The second kappa shape index (κ2) is 6.52. The number of aliphatic hydroxyl groups excluding tert-OH is 1. The van der Waals surface area contributed by atoms with Crippen LogP contribution in [0, 0.1) is 11.3 Å². The minimum Gasteiger partial charge on any atom is -0.493 e. The molecule has 136 valence electrons. The fourth-order valence-electron chi connectivity index (χ4n) is 4.01. The zero-order chi connectivity index (χ0) is 18.3. The van der Waals surface area contributed by atoms with Gasteiger partial charge in [-0.3, -0.25) is 9.59 Å². The third kappa shape index (κ3) is 2.83. The van der Waals surface area contributed by atoms with Crippen LogP contribution in [-0.2, 0) is 6.42 Å². The smallest absolute Gasteiger partial charge is 0.263 e. The minimum absolute atomic E-state index is 0.0161. The van der Waals surface area contributed by atoms with Crippen LogP contribution in [0.25, 0.3) is 0 Å². The molecule has 1 amide bonds. The number of amides is 1. The molecule has 26 heavy (non-hydrogen) atoms. The third-order valence-corrected chi connectivity index (χ3v) is 6.71. The number of hydrogen-bond acceptors (Lipinski definition) is 5. The van der Waals surface area contributed by atoms with Gasteiger partial charge in [0.05, 0.1) is 23.0 Å². The summed E-state index contributed by atoms with van der Waals surface area (Å²) in [5.74, 6) is 0.849. The number of rotatable bonds is 3. The summed E-state index contributed by atoms with van der Waals surface area (Å²) >= 11 is 1.23. The Hall–Kier alpha value is -2.18. The van der Waals surface area contributed by atoms with Gasteiger partial charge in [-0.15, -0.1) is 11.3 Å². The van der Waals surface area contributed by atoms with Gasteiger partial charge in [-0.05, 0) is 37.1 Å². The van der Waals surface area contributed by atoms with Gasteiger partial charge < -0.3 is 14.7 Å². The number of hydrogen-bond donors (Lipinski definition) is 1. The summed E-state index contributed by atoms with van der Waals surface area (Å²) in [5.41, 5.74) is 0.691. The van der Waals surface area contributed by atoms with Gasteiger partial charge in [-0.2, -0.15) is 0 Å². The first-order chi connectivity index (χ1) is 12.5. The van der Waals surface area contributed by atoms with Gasteiger partial charge in [0.2, 0.25) is 0 Å². The fraction of sp³-hybridized carbons (Fsp3) is 0.400. The molecule has 1 aromatic carbocycles. The Balaban J connectivity index is 1.59. The summed E-state index contributed by atoms with van der Waals surface area (Å²) in [6.07, 6.45) is 0.692. The van der Waals surface area contributed by atoms with Gasteiger partial charge in [0, 0.05) is 24.4 Å². The Labute approximate surface area is 156 Å². The molecule has 1 aromatic heterocycles. The monoisotopic (exact) mass is 371 g/mol. The van der Waals surface area contributed by atoms with Crippen LogP contribution in [0.5, 0.6) is 5.75 Å². The normalized spacial score (nSPS) is 24.4. The molecule has 1 fully saturated rings. The number of carbonyl (C=O) groups is 2. The lowest BCUT2D eigenvalue weighted by atomic mass is 9.75. The molecule has 0 bridgehead atoms. The van der Waals surface area contributed by atoms with E-state index >= 15 is 0 Å². The fourth-order valence-corrected chi connectivity index (χ4v) is 4.88. The van der Waals surface area contributed by atoms with E-state index in [1.165, 1.54) is 18.3 Å². The molecular weight excluding hydrogens is 350 g/mol. The van der Waals surface area contributed by atoms with Crippen LogP contribution in [0.3, 0.4) is 0 Å². The van der Waals surface area contributed by atoms with E-state index in [0.717, 1.165) is 11.3 Å². The predicted octanol–water partition coefficient (Wildman–Crippen LogP) is 2.64. The van der Waals surface area contributed by atoms with Gasteiger partial charge in [0.25, 0.3) is 5.91 Å². The largest absolute Gasteiger partial charge is 0.493 e. The number of aliphatic hydroxyl groups is 1. The van der Waals surface area contributed by atoms with Crippen LogP contribution in [0.15, 0.2) is 36.4 Å². The molecule has 0 aliphatic carbocycles. The minimum atomic E-state index is -0.386. The molecule has 6 heteroatoms. The highest BCUT2D eigenvalue weighted by atomic mass is 32.1. The molecule has 0 saturated carbocycles. The number of thiophene rings is 1. The Bertz CT molecular complexity index is 861. The van der Waals surface area contributed by atoms with E-state index in [1.54, 1.807) is 17.0 Å². The van der Waals surface area contributed by atoms with Crippen LogP contribution >= 0.6 is 11.3 Å². The number of nitrogens with zero attached hydrogens (tertiary/aromatic N) is 1. The topological polar surface area (TPSA) is 66.8 Å². The quantitative estimate of drug-likeness (QED) is 0.843. The molecule has 0 spiro atoms. The summed E-state index contributed by atoms with van der Waals surface area (Å²) in [4.78, 5) is 27.4. The number of para-hydroxylation sites is 1. The molecule has 0 radical (unpaired) electrons. The number of fused-ring (bicyclic) bond motifs is 2. The third-order valence-electron chi connectivity index (χ3n) is 5.53. The number of ether oxygens (including phenoxy) is 1. The lowest BCUT2D eigenvalue weighted by Crippen LogP contribution is -2.38. The summed E-state index contributed by atoms with van der Waals surface area (Å²) in [6.45, 7) is 3.06. The van der Waals surface area contributed by atoms with Crippen LogP contribution < -0.4 is 4.74 Å². The number of benzene rings is 1. The maximum absolute atomic E-state index is 12.9. The highest BCUT2D eigenvalue weighted by molar-refractivity contribution is 7.15. The van der Waals surface area contributed by atoms with E-state index in [0.29, 0.717) is 35.9 Å². The van der Waals surface area contributed by atoms with Gasteiger partial charge >= 0.3 is 0 Å².